The summed E-state index contributed by atoms with van der Waals surface area (Å²) >= 11 is 0. The van der Waals surface area contributed by atoms with Gasteiger partial charge >= 0.3 is 0 Å². The predicted octanol–water partition coefficient (Wildman–Crippen LogP) is 0.465. The smallest absolute Gasteiger partial charge is 0.243 e. The molecule has 0 aromatic carbocycles. The van der Waals surface area contributed by atoms with E-state index < -0.39 is 41.5 Å². The fourth-order valence-electron chi connectivity index (χ4n) is 3.23. The molecule has 0 bridgehead atoms. The van der Waals surface area contributed by atoms with E-state index in [4.69, 9.17) is 5.73 Å². The summed E-state index contributed by atoms with van der Waals surface area (Å²) in [6.45, 7) is 13.3. The molecule has 7 nitrogen and oxygen atoms in total. The maximum absolute atomic E-state index is 13.0. The van der Waals surface area contributed by atoms with Gasteiger partial charge in [0.1, 0.15) is 18.4 Å². The highest BCUT2D eigenvalue weighted by molar-refractivity contribution is 5.92. The van der Waals surface area contributed by atoms with E-state index >= 15 is 0 Å². The van der Waals surface area contributed by atoms with E-state index in [0.29, 0.717) is 19.3 Å². The summed E-state index contributed by atoms with van der Waals surface area (Å²) in [7, 11) is 0. The van der Waals surface area contributed by atoms with Gasteiger partial charge in [-0.05, 0) is 23.2 Å². The molecule has 0 aliphatic carbocycles. The molecule has 7 heteroatoms. The lowest BCUT2D eigenvalue weighted by atomic mass is 9.74. The number of aliphatic hydroxyl groups is 1. The number of allylic oxidation sites excluding steroid dienone is 1. The molecular weight excluding hydrogens is 334 g/mol. The van der Waals surface area contributed by atoms with Gasteiger partial charge in [-0.2, -0.15) is 0 Å². The standard InChI is InChI=1S/C19H33N3O4/c1-7-19(5,6)13-8-9-22(17(26)15(20)18(2,3)4)14(13)16(25)21-12(10-23)11-24/h7,10,12-15,24H,1,8-9,11,20H2,2-6H3,(H,21,25)/t12?,13-,14-,15+/m0/s1. The van der Waals surface area contributed by atoms with E-state index in [0.717, 1.165) is 0 Å². The van der Waals surface area contributed by atoms with Crippen LogP contribution in [0.15, 0.2) is 12.7 Å². The Labute approximate surface area is 156 Å². The van der Waals surface area contributed by atoms with E-state index in [-0.39, 0.29) is 11.8 Å². The second-order valence-corrected chi connectivity index (χ2v) is 8.67. The number of carbonyl (C=O) groups excluding carboxylic acids is 3. The van der Waals surface area contributed by atoms with Crippen molar-refractivity contribution < 1.29 is 19.5 Å². The summed E-state index contributed by atoms with van der Waals surface area (Å²) in [6.07, 6.45) is 2.89. The number of nitrogens with one attached hydrogen (secondary N) is 1. The third kappa shape index (κ3) is 4.71. The minimum Gasteiger partial charge on any atom is -0.394 e. The van der Waals surface area contributed by atoms with Crippen molar-refractivity contribution in [1.82, 2.24) is 10.2 Å². The largest absolute Gasteiger partial charge is 0.394 e. The first-order chi connectivity index (χ1) is 11.9. The Hall–Kier alpha value is -1.73. The maximum atomic E-state index is 13.0. The van der Waals surface area contributed by atoms with Crippen molar-refractivity contribution in [3.8, 4) is 0 Å². The van der Waals surface area contributed by atoms with Gasteiger partial charge in [0, 0.05) is 6.54 Å². The monoisotopic (exact) mass is 367 g/mol. The van der Waals surface area contributed by atoms with Crippen molar-refractivity contribution in [2.24, 2.45) is 22.5 Å². The fraction of sp³-hybridized carbons (Fsp3) is 0.737. The molecule has 1 unspecified atom stereocenters. The van der Waals surface area contributed by atoms with Gasteiger partial charge in [-0.3, -0.25) is 9.59 Å². The molecule has 2 amide bonds. The number of rotatable bonds is 7. The second-order valence-electron chi connectivity index (χ2n) is 8.67. The van der Waals surface area contributed by atoms with Gasteiger partial charge < -0.3 is 25.9 Å². The highest BCUT2D eigenvalue weighted by atomic mass is 16.3. The van der Waals surface area contributed by atoms with E-state index in [1.165, 1.54) is 4.90 Å². The zero-order chi connectivity index (χ0) is 20.3. The number of amides is 2. The summed E-state index contributed by atoms with van der Waals surface area (Å²) < 4.78 is 0. The molecule has 1 aliphatic heterocycles. The SMILES string of the molecule is C=CC(C)(C)[C@H]1CCN(C(=O)[C@@H](N)C(C)(C)C)[C@@H]1C(=O)NC(C=O)CO. The van der Waals surface area contributed by atoms with Crippen LogP contribution in [0.25, 0.3) is 0 Å². The molecule has 1 aliphatic rings. The minimum absolute atomic E-state index is 0.165. The number of aliphatic hydroxyl groups excluding tert-OH is 1. The Balaban J connectivity index is 3.20. The fourth-order valence-corrected chi connectivity index (χ4v) is 3.23. The normalized spacial score (nSPS) is 23.3. The lowest BCUT2D eigenvalue weighted by molar-refractivity contribution is -0.143. The van der Waals surface area contributed by atoms with Gasteiger partial charge in [0.25, 0.3) is 0 Å². The molecule has 0 aromatic rings. The number of hydrogen-bond donors (Lipinski definition) is 3. The Kier molecular flexibility index (Phi) is 7.13. The number of nitrogens with two attached hydrogens (primary N) is 1. The van der Waals surface area contributed by atoms with Crippen LogP contribution >= 0.6 is 0 Å². The van der Waals surface area contributed by atoms with E-state index in [2.05, 4.69) is 11.9 Å². The number of carbonyl (C=O) groups is 3. The van der Waals surface area contributed by atoms with Gasteiger partial charge in [-0.1, -0.05) is 40.7 Å². The molecule has 0 radical (unpaired) electrons. The summed E-state index contributed by atoms with van der Waals surface area (Å²) in [5.41, 5.74) is 5.30. The third-order valence-electron chi connectivity index (χ3n) is 5.32. The Bertz CT molecular complexity index is 553. The van der Waals surface area contributed by atoms with Gasteiger partial charge in [-0.25, -0.2) is 0 Å². The van der Waals surface area contributed by atoms with Crippen molar-refractivity contribution in [3.63, 3.8) is 0 Å². The number of aldehydes is 1. The van der Waals surface area contributed by atoms with Gasteiger partial charge in [0.05, 0.1) is 12.6 Å². The molecule has 1 saturated heterocycles. The number of nitrogens with zero attached hydrogens (tertiary/aromatic N) is 1. The van der Waals surface area contributed by atoms with Crippen LogP contribution in [0.1, 0.15) is 41.0 Å². The van der Waals surface area contributed by atoms with Crippen LogP contribution in [0.4, 0.5) is 0 Å². The van der Waals surface area contributed by atoms with Crippen LogP contribution < -0.4 is 11.1 Å². The van der Waals surface area contributed by atoms with Crippen LogP contribution in [0.3, 0.4) is 0 Å². The van der Waals surface area contributed by atoms with Crippen LogP contribution in [0, 0.1) is 16.7 Å². The molecule has 4 atom stereocenters. The predicted molar refractivity (Wildman–Crippen MR) is 100 cm³/mol. The molecule has 0 spiro atoms. The van der Waals surface area contributed by atoms with Gasteiger partial charge in [0.2, 0.25) is 11.8 Å². The van der Waals surface area contributed by atoms with Crippen LogP contribution in [-0.2, 0) is 14.4 Å². The Morgan fingerprint density at radius 2 is 1.92 bits per heavy atom. The van der Waals surface area contributed by atoms with Crippen molar-refractivity contribution >= 4 is 18.1 Å². The average molecular weight is 367 g/mol. The maximum Gasteiger partial charge on any atom is 0.243 e. The average Bonchev–Trinajstić information content (AvgIpc) is 3.03. The molecule has 1 rings (SSSR count). The molecule has 4 N–H and O–H groups in total. The first-order valence-electron chi connectivity index (χ1n) is 8.97. The first-order valence-corrected chi connectivity index (χ1v) is 8.97. The Morgan fingerprint density at radius 3 is 2.35 bits per heavy atom. The molecule has 0 saturated carbocycles. The van der Waals surface area contributed by atoms with Crippen molar-refractivity contribution in [3.05, 3.63) is 12.7 Å². The highest BCUT2D eigenvalue weighted by Gasteiger charge is 2.49. The minimum atomic E-state index is -0.996. The van der Waals surface area contributed by atoms with Crippen molar-refractivity contribution in [2.45, 2.75) is 59.2 Å². The highest BCUT2D eigenvalue weighted by Crippen LogP contribution is 2.40. The molecule has 148 valence electrons. The van der Waals surface area contributed by atoms with Crippen LogP contribution in [0.5, 0.6) is 0 Å². The quantitative estimate of drug-likeness (QED) is 0.447. The van der Waals surface area contributed by atoms with Crippen molar-refractivity contribution in [2.75, 3.05) is 13.2 Å². The lowest BCUT2D eigenvalue weighted by Gasteiger charge is -2.37. The van der Waals surface area contributed by atoms with Crippen LogP contribution in [0.2, 0.25) is 0 Å². The molecule has 1 fully saturated rings. The summed E-state index contributed by atoms with van der Waals surface area (Å²) in [5, 5.41) is 11.7. The van der Waals surface area contributed by atoms with E-state index in [9.17, 15) is 19.5 Å². The Morgan fingerprint density at radius 1 is 1.35 bits per heavy atom. The zero-order valence-corrected chi connectivity index (χ0v) is 16.5. The second kappa shape index (κ2) is 8.31. The van der Waals surface area contributed by atoms with Gasteiger partial charge in [-0.15, -0.1) is 6.58 Å². The summed E-state index contributed by atoms with van der Waals surface area (Å²) in [6, 6.07) is -2.51. The third-order valence-corrected chi connectivity index (χ3v) is 5.32. The molecular formula is C19H33N3O4. The van der Waals surface area contributed by atoms with Crippen LogP contribution in [-0.4, -0.2) is 59.4 Å². The summed E-state index contributed by atoms with van der Waals surface area (Å²) in [5.74, 6) is -0.906. The molecule has 0 aromatic heterocycles. The molecule has 1 heterocycles. The van der Waals surface area contributed by atoms with E-state index in [1.807, 2.05) is 34.6 Å². The van der Waals surface area contributed by atoms with Gasteiger partial charge in [0.15, 0.2) is 0 Å². The number of hydrogen-bond acceptors (Lipinski definition) is 5. The summed E-state index contributed by atoms with van der Waals surface area (Å²) in [4.78, 5) is 38.4. The van der Waals surface area contributed by atoms with Crippen molar-refractivity contribution in [1.29, 1.82) is 0 Å². The zero-order valence-electron chi connectivity index (χ0n) is 16.5. The molecule has 26 heavy (non-hydrogen) atoms. The topological polar surface area (TPSA) is 113 Å². The first kappa shape index (κ1) is 22.3. The lowest BCUT2D eigenvalue weighted by Crippen LogP contribution is -2.58. The van der Waals surface area contributed by atoms with E-state index in [1.54, 1.807) is 6.08 Å². The number of likely N-dealkylation sites (tertiary alicyclic amines) is 1.